The van der Waals surface area contributed by atoms with Crippen LogP contribution in [0.5, 0.6) is 0 Å². The van der Waals surface area contributed by atoms with Crippen molar-refractivity contribution in [2.24, 2.45) is 5.73 Å². The maximum Gasteiger partial charge on any atom is 0.126 e. The fourth-order valence-corrected chi connectivity index (χ4v) is 1.69. The molecule has 4 nitrogen and oxygen atoms in total. The monoisotopic (exact) mass is 258 g/mol. The highest BCUT2D eigenvalue weighted by atomic mass is 32.1. The van der Waals surface area contributed by atoms with Crippen LogP contribution in [-0.2, 0) is 6.54 Å². The predicted molar refractivity (Wildman–Crippen MR) is 76.4 cm³/mol. The molecule has 0 bridgehead atoms. The summed E-state index contributed by atoms with van der Waals surface area (Å²) in [6, 6.07) is 5.63. The molecule has 2 aromatic heterocycles. The Morgan fingerprint density at radius 2 is 2.22 bits per heavy atom. The fourth-order valence-electron chi connectivity index (χ4n) is 1.57. The first kappa shape index (κ1) is 12.4. The van der Waals surface area contributed by atoms with Gasteiger partial charge in [-0.05, 0) is 36.2 Å². The summed E-state index contributed by atoms with van der Waals surface area (Å²) in [6.45, 7) is 2.73. The molecule has 3 N–H and O–H groups in total. The molecule has 2 rings (SSSR count). The van der Waals surface area contributed by atoms with Crippen molar-refractivity contribution in [2.75, 3.05) is 5.32 Å². The minimum atomic E-state index is 0.376. The van der Waals surface area contributed by atoms with Crippen molar-refractivity contribution in [3.63, 3.8) is 0 Å². The molecule has 0 radical (unpaired) electrons. The SMILES string of the molecule is Cc1cnccc1CNc1cc(C(N)=S)ccn1. The third-order valence-electron chi connectivity index (χ3n) is 2.64. The standard InChI is InChI=1S/C13H14N4S/c1-9-7-15-4-2-11(9)8-17-12-6-10(13(14)18)3-5-16-12/h2-7H,8H2,1H3,(H2,14,18)(H,16,17). The van der Waals surface area contributed by atoms with E-state index >= 15 is 0 Å². The van der Waals surface area contributed by atoms with Gasteiger partial charge in [-0.15, -0.1) is 0 Å². The molecule has 0 aliphatic rings. The van der Waals surface area contributed by atoms with Crippen molar-refractivity contribution < 1.29 is 0 Å². The van der Waals surface area contributed by atoms with Gasteiger partial charge in [0.25, 0.3) is 0 Å². The molecule has 0 saturated heterocycles. The largest absolute Gasteiger partial charge is 0.389 e. The van der Waals surface area contributed by atoms with E-state index in [9.17, 15) is 0 Å². The van der Waals surface area contributed by atoms with Crippen LogP contribution in [0.4, 0.5) is 5.82 Å². The number of thiocarbonyl (C=S) groups is 1. The number of anilines is 1. The molecule has 0 unspecified atom stereocenters. The van der Waals surface area contributed by atoms with E-state index in [2.05, 4.69) is 15.3 Å². The second-order valence-corrected chi connectivity index (χ2v) is 4.39. The van der Waals surface area contributed by atoms with Crippen LogP contribution < -0.4 is 11.1 Å². The molecule has 0 fully saturated rings. The van der Waals surface area contributed by atoms with Crippen LogP contribution in [-0.4, -0.2) is 15.0 Å². The molecule has 92 valence electrons. The Kier molecular flexibility index (Phi) is 3.84. The first-order valence-corrected chi connectivity index (χ1v) is 5.97. The molecule has 0 spiro atoms. The summed E-state index contributed by atoms with van der Waals surface area (Å²) in [6.07, 6.45) is 5.31. The average molecular weight is 258 g/mol. The lowest BCUT2D eigenvalue weighted by Crippen LogP contribution is -2.10. The zero-order valence-electron chi connectivity index (χ0n) is 10.1. The van der Waals surface area contributed by atoms with E-state index in [1.54, 1.807) is 18.5 Å². The van der Waals surface area contributed by atoms with E-state index < -0.39 is 0 Å². The van der Waals surface area contributed by atoms with Crippen molar-refractivity contribution in [1.82, 2.24) is 9.97 Å². The van der Waals surface area contributed by atoms with Crippen LogP contribution in [0.3, 0.4) is 0 Å². The Hall–Kier alpha value is -2.01. The zero-order chi connectivity index (χ0) is 13.0. The Labute approximate surface area is 111 Å². The molecule has 0 saturated carbocycles. The van der Waals surface area contributed by atoms with Gasteiger partial charge < -0.3 is 11.1 Å². The maximum absolute atomic E-state index is 5.58. The lowest BCUT2D eigenvalue weighted by atomic mass is 10.1. The minimum absolute atomic E-state index is 0.376. The smallest absolute Gasteiger partial charge is 0.126 e. The van der Waals surface area contributed by atoms with Gasteiger partial charge in [-0.3, -0.25) is 4.98 Å². The summed E-state index contributed by atoms with van der Waals surface area (Å²) >= 11 is 4.93. The van der Waals surface area contributed by atoms with E-state index in [0.717, 1.165) is 16.9 Å². The first-order chi connectivity index (χ1) is 8.66. The summed E-state index contributed by atoms with van der Waals surface area (Å²) in [4.78, 5) is 8.66. The molecule has 2 aromatic rings. The lowest BCUT2D eigenvalue weighted by molar-refractivity contribution is 1.07. The van der Waals surface area contributed by atoms with E-state index in [1.165, 1.54) is 5.56 Å². The number of hydrogen-bond donors (Lipinski definition) is 2. The Balaban J connectivity index is 2.09. The summed E-state index contributed by atoms with van der Waals surface area (Å²) in [5, 5.41) is 3.24. The van der Waals surface area contributed by atoms with E-state index in [-0.39, 0.29) is 0 Å². The molecule has 0 atom stereocenters. The van der Waals surface area contributed by atoms with Crippen LogP contribution in [0.2, 0.25) is 0 Å². The number of hydrogen-bond acceptors (Lipinski definition) is 4. The van der Waals surface area contributed by atoms with E-state index in [1.807, 2.05) is 25.3 Å². The quantitative estimate of drug-likeness (QED) is 0.822. The molecule has 0 amide bonds. The summed E-state index contributed by atoms with van der Waals surface area (Å²) < 4.78 is 0. The molecule has 5 heteroatoms. The van der Waals surface area contributed by atoms with Gasteiger partial charge >= 0.3 is 0 Å². The molecule has 2 heterocycles. The lowest BCUT2D eigenvalue weighted by Gasteiger charge is -2.08. The van der Waals surface area contributed by atoms with Crippen LogP contribution in [0, 0.1) is 6.92 Å². The summed E-state index contributed by atoms with van der Waals surface area (Å²) in [7, 11) is 0. The van der Waals surface area contributed by atoms with Gasteiger partial charge in [-0.2, -0.15) is 0 Å². The van der Waals surface area contributed by atoms with Crippen molar-refractivity contribution in [3.05, 3.63) is 53.5 Å². The van der Waals surface area contributed by atoms with Gasteiger partial charge in [-0.25, -0.2) is 4.98 Å². The van der Waals surface area contributed by atoms with Crippen LogP contribution in [0.25, 0.3) is 0 Å². The van der Waals surface area contributed by atoms with Crippen molar-refractivity contribution >= 4 is 23.0 Å². The zero-order valence-corrected chi connectivity index (χ0v) is 10.9. The highest BCUT2D eigenvalue weighted by Crippen LogP contribution is 2.10. The summed E-state index contributed by atoms with van der Waals surface area (Å²) in [5.41, 5.74) is 8.73. The van der Waals surface area contributed by atoms with E-state index in [4.69, 9.17) is 18.0 Å². The molecule has 0 aliphatic heterocycles. The molecule has 0 aromatic carbocycles. The van der Waals surface area contributed by atoms with Gasteiger partial charge in [0.1, 0.15) is 10.8 Å². The Morgan fingerprint density at radius 3 is 2.94 bits per heavy atom. The third kappa shape index (κ3) is 3.01. The number of nitrogens with one attached hydrogen (secondary N) is 1. The normalized spacial score (nSPS) is 10.1. The Bertz CT molecular complexity index is 568. The van der Waals surface area contributed by atoms with Crippen molar-refractivity contribution in [3.8, 4) is 0 Å². The van der Waals surface area contributed by atoms with E-state index in [0.29, 0.717) is 11.5 Å². The van der Waals surface area contributed by atoms with Gasteiger partial charge in [0, 0.05) is 30.7 Å². The molecular weight excluding hydrogens is 244 g/mol. The maximum atomic E-state index is 5.58. The molecule has 0 aliphatic carbocycles. The van der Waals surface area contributed by atoms with Gasteiger partial charge in [0.2, 0.25) is 0 Å². The predicted octanol–water partition coefficient (Wildman–Crippen LogP) is 2.03. The Morgan fingerprint density at radius 1 is 1.39 bits per heavy atom. The summed E-state index contributed by atoms with van der Waals surface area (Å²) in [5.74, 6) is 0.761. The number of nitrogens with zero attached hydrogens (tertiary/aromatic N) is 2. The first-order valence-electron chi connectivity index (χ1n) is 5.56. The van der Waals surface area contributed by atoms with Gasteiger partial charge in [0.05, 0.1) is 0 Å². The average Bonchev–Trinajstić information content (AvgIpc) is 2.38. The molecular formula is C13H14N4S. The second-order valence-electron chi connectivity index (χ2n) is 3.95. The highest BCUT2D eigenvalue weighted by molar-refractivity contribution is 7.80. The topological polar surface area (TPSA) is 63.8 Å². The number of nitrogens with two attached hydrogens (primary N) is 1. The van der Waals surface area contributed by atoms with Crippen LogP contribution >= 0.6 is 12.2 Å². The van der Waals surface area contributed by atoms with Crippen LogP contribution in [0.15, 0.2) is 36.8 Å². The van der Waals surface area contributed by atoms with Gasteiger partial charge in [-0.1, -0.05) is 12.2 Å². The number of aromatic nitrogens is 2. The second kappa shape index (κ2) is 5.55. The number of aryl methyl sites for hydroxylation is 1. The van der Waals surface area contributed by atoms with Gasteiger partial charge in [0.15, 0.2) is 0 Å². The number of rotatable bonds is 4. The molecule has 18 heavy (non-hydrogen) atoms. The van der Waals surface area contributed by atoms with Crippen molar-refractivity contribution in [2.45, 2.75) is 13.5 Å². The highest BCUT2D eigenvalue weighted by Gasteiger charge is 2.01. The van der Waals surface area contributed by atoms with Crippen molar-refractivity contribution in [1.29, 1.82) is 0 Å². The van der Waals surface area contributed by atoms with Crippen LogP contribution in [0.1, 0.15) is 16.7 Å². The third-order valence-corrected chi connectivity index (χ3v) is 2.88. The minimum Gasteiger partial charge on any atom is -0.389 e. The number of pyridine rings is 2. The fraction of sp³-hybridized carbons (Fsp3) is 0.154.